The lowest BCUT2D eigenvalue weighted by atomic mass is 10.1. The molecule has 0 unspecified atom stereocenters. The normalized spacial score (nSPS) is 11.1. The Balaban J connectivity index is 1.45. The predicted octanol–water partition coefficient (Wildman–Crippen LogP) is 7.34. The molecule has 0 fully saturated rings. The van der Waals surface area contributed by atoms with E-state index in [9.17, 15) is 9.18 Å². The van der Waals surface area contributed by atoms with Gasteiger partial charge in [-0.15, -0.1) is 0 Å². The summed E-state index contributed by atoms with van der Waals surface area (Å²) in [6.45, 7) is 4.06. The Bertz CT molecular complexity index is 1470. The molecule has 0 saturated heterocycles. The van der Waals surface area contributed by atoms with Gasteiger partial charge in [-0.3, -0.25) is 9.48 Å². The Labute approximate surface area is 234 Å². The molecule has 0 aliphatic carbocycles. The van der Waals surface area contributed by atoms with Crippen LogP contribution >= 0.6 is 27.5 Å². The van der Waals surface area contributed by atoms with E-state index in [0.717, 1.165) is 21.3 Å². The number of halogens is 3. The Kier molecular flexibility index (Phi) is 8.86. The highest BCUT2D eigenvalue weighted by Crippen LogP contribution is 2.26. The lowest BCUT2D eigenvalue weighted by Gasteiger charge is -2.11. The fourth-order valence-electron chi connectivity index (χ4n) is 3.91. The Morgan fingerprint density at radius 3 is 2.63 bits per heavy atom. The molecule has 38 heavy (non-hydrogen) atoms. The molecule has 1 N–H and O–H groups in total. The van der Waals surface area contributed by atoms with Crippen LogP contribution in [-0.4, -0.2) is 22.8 Å². The van der Waals surface area contributed by atoms with Gasteiger partial charge in [-0.05, 0) is 74.0 Å². The van der Waals surface area contributed by atoms with Crippen molar-refractivity contribution in [1.82, 2.24) is 9.78 Å². The van der Waals surface area contributed by atoms with E-state index in [4.69, 9.17) is 21.1 Å². The molecular weight excluding hydrogens is 573 g/mol. The first-order valence-corrected chi connectivity index (χ1v) is 12.9. The standard InChI is InChI=1S/C29H26BrClFN3O3/c1-18-29(19(2)35(34-18)16-24-25(31)5-4-6-26(24)32)33-28(36)14-8-20-7-13-27(37-3)21(15-20)17-38-23-11-9-22(30)10-12-23/h4-15H,16-17H2,1-3H3,(H,33,36)/b14-8-. The van der Waals surface area contributed by atoms with E-state index in [0.29, 0.717) is 40.0 Å². The van der Waals surface area contributed by atoms with E-state index in [2.05, 4.69) is 26.3 Å². The molecule has 0 atom stereocenters. The minimum atomic E-state index is -0.403. The van der Waals surface area contributed by atoms with Gasteiger partial charge in [-0.25, -0.2) is 4.39 Å². The lowest BCUT2D eigenvalue weighted by Crippen LogP contribution is -2.10. The Hall–Kier alpha value is -3.62. The van der Waals surface area contributed by atoms with Gasteiger partial charge in [0.05, 0.1) is 30.7 Å². The highest BCUT2D eigenvalue weighted by molar-refractivity contribution is 9.10. The first-order valence-electron chi connectivity index (χ1n) is 11.8. The monoisotopic (exact) mass is 597 g/mol. The van der Waals surface area contributed by atoms with Gasteiger partial charge in [0.25, 0.3) is 0 Å². The van der Waals surface area contributed by atoms with Crippen LogP contribution in [0.2, 0.25) is 5.02 Å². The van der Waals surface area contributed by atoms with Crippen molar-refractivity contribution >= 4 is 45.2 Å². The van der Waals surface area contributed by atoms with Gasteiger partial charge >= 0.3 is 0 Å². The molecule has 0 aliphatic heterocycles. The zero-order valence-electron chi connectivity index (χ0n) is 21.1. The number of rotatable bonds is 9. The molecule has 196 valence electrons. The number of carbonyl (C=O) groups excluding carboxylic acids is 1. The Morgan fingerprint density at radius 1 is 1.16 bits per heavy atom. The van der Waals surface area contributed by atoms with Gasteiger partial charge < -0.3 is 14.8 Å². The quantitative estimate of drug-likeness (QED) is 0.205. The van der Waals surface area contributed by atoms with Crippen molar-refractivity contribution in [3.63, 3.8) is 0 Å². The highest BCUT2D eigenvalue weighted by atomic mass is 79.9. The van der Waals surface area contributed by atoms with Gasteiger partial charge in [-0.1, -0.05) is 39.7 Å². The van der Waals surface area contributed by atoms with E-state index in [1.165, 1.54) is 12.1 Å². The summed E-state index contributed by atoms with van der Waals surface area (Å²) in [5.41, 5.74) is 3.89. The number of methoxy groups -OCH3 is 1. The molecule has 0 saturated carbocycles. The molecule has 0 aliphatic rings. The van der Waals surface area contributed by atoms with Crippen molar-refractivity contribution < 1.29 is 18.7 Å². The highest BCUT2D eigenvalue weighted by Gasteiger charge is 2.16. The summed E-state index contributed by atoms with van der Waals surface area (Å²) in [7, 11) is 1.60. The van der Waals surface area contributed by atoms with Crippen LogP contribution in [0.4, 0.5) is 10.1 Å². The number of nitrogens with one attached hydrogen (secondary N) is 1. The van der Waals surface area contributed by atoms with Crippen molar-refractivity contribution in [2.75, 3.05) is 12.4 Å². The maximum atomic E-state index is 14.3. The first-order chi connectivity index (χ1) is 18.2. The fourth-order valence-corrected chi connectivity index (χ4v) is 4.40. The van der Waals surface area contributed by atoms with Crippen LogP contribution in [0.15, 0.2) is 71.2 Å². The van der Waals surface area contributed by atoms with E-state index < -0.39 is 5.82 Å². The second-order valence-electron chi connectivity index (χ2n) is 8.54. The van der Waals surface area contributed by atoms with E-state index >= 15 is 0 Å². The SMILES string of the molecule is COc1ccc(/C=C\C(=O)Nc2c(C)nn(Cc3c(F)cccc3Cl)c2C)cc1COc1ccc(Br)cc1. The lowest BCUT2D eigenvalue weighted by molar-refractivity contribution is -0.111. The summed E-state index contributed by atoms with van der Waals surface area (Å²) in [5.74, 6) is 0.708. The minimum absolute atomic E-state index is 0.154. The fraction of sp³-hybridized carbons (Fsp3) is 0.172. The molecule has 1 heterocycles. The average molecular weight is 599 g/mol. The number of ether oxygens (including phenoxy) is 2. The van der Waals surface area contributed by atoms with Gasteiger partial charge in [0.15, 0.2) is 0 Å². The summed E-state index contributed by atoms with van der Waals surface area (Å²) in [5, 5.41) is 7.67. The molecule has 9 heteroatoms. The van der Waals surface area contributed by atoms with Gasteiger partial charge in [-0.2, -0.15) is 5.10 Å². The Morgan fingerprint density at radius 2 is 1.92 bits per heavy atom. The third-order valence-corrected chi connectivity index (χ3v) is 6.82. The number of benzene rings is 3. The third-order valence-electron chi connectivity index (χ3n) is 5.94. The average Bonchev–Trinajstić information content (AvgIpc) is 3.16. The molecule has 6 nitrogen and oxygen atoms in total. The molecule has 0 bridgehead atoms. The predicted molar refractivity (Wildman–Crippen MR) is 151 cm³/mol. The number of aromatic nitrogens is 2. The van der Waals surface area contributed by atoms with Crippen LogP contribution in [0.1, 0.15) is 28.1 Å². The first kappa shape index (κ1) is 27.4. The molecule has 4 aromatic rings. The van der Waals surface area contributed by atoms with Crippen LogP contribution in [0.3, 0.4) is 0 Å². The third kappa shape index (κ3) is 6.62. The second kappa shape index (κ2) is 12.3. The number of hydrogen-bond acceptors (Lipinski definition) is 4. The van der Waals surface area contributed by atoms with Crippen molar-refractivity contribution in [3.8, 4) is 11.5 Å². The summed E-state index contributed by atoms with van der Waals surface area (Å²) in [6, 6.07) is 17.7. The van der Waals surface area contributed by atoms with Crippen LogP contribution < -0.4 is 14.8 Å². The number of amides is 1. The molecule has 1 amide bonds. The second-order valence-corrected chi connectivity index (χ2v) is 9.86. The van der Waals surface area contributed by atoms with Crippen LogP contribution in [-0.2, 0) is 17.9 Å². The summed E-state index contributed by atoms with van der Waals surface area (Å²) in [6.07, 6.45) is 3.16. The largest absolute Gasteiger partial charge is 0.496 e. The zero-order chi connectivity index (χ0) is 27.2. The van der Waals surface area contributed by atoms with E-state index in [-0.39, 0.29) is 12.5 Å². The topological polar surface area (TPSA) is 65.4 Å². The molecule has 0 spiro atoms. The van der Waals surface area contributed by atoms with Crippen molar-refractivity contribution in [2.45, 2.75) is 27.0 Å². The number of nitrogens with zero attached hydrogens (tertiary/aromatic N) is 2. The summed E-state index contributed by atoms with van der Waals surface area (Å²) in [4.78, 5) is 12.7. The number of aryl methyl sites for hydroxylation is 1. The summed E-state index contributed by atoms with van der Waals surface area (Å²) >= 11 is 9.58. The summed E-state index contributed by atoms with van der Waals surface area (Å²) < 4.78 is 28.2. The molecule has 3 aromatic carbocycles. The van der Waals surface area contributed by atoms with Crippen LogP contribution in [0.25, 0.3) is 6.08 Å². The maximum Gasteiger partial charge on any atom is 0.248 e. The molecule has 0 radical (unpaired) electrons. The van der Waals surface area contributed by atoms with Gasteiger partial charge in [0.1, 0.15) is 23.9 Å². The maximum absolute atomic E-state index is 14.3. The van der Waals surface area contributed by atoms with Crippen molar-refractivity contribution in [1.29, 1.82) is 0 Å². The molecular formula is C29H26BrClFN3O3. The number of hydrogen-bond donors (Lipinski definition) is 1. The smallest absolute Gasteiger partial charge is 0.248 e. The minimum Gasteiger partial charge on any atom is -0.496 e. The van der Waals surface area contributed by atoms with Crippen molar-refractivity contribution in [2.24, 2.45) is 0 Å². The number of carbonyl (C=O) groups is 1. The van der Waals surface area contributed by atoms with E-state index in [1.54, 1.807) is 36.9 Å². The number of anilines is 1. The van der Waals surface area contributed by atoms with Gasteiger partial charge in [0, 0.05) is 26.7 Å². The molecule has 4 rings (SSSR count). The zero-order valence-corrected chi connectivity index (χ0v) is 23.4. The van der Waals surface area contributed by atoms with E-state index in [1.807, 2.05) is 49.4 Å². The van der Waals surface area contributed by atoms with Crippen LogP contribution in [0, 0.1) is 19.7 Å². The van der Waals surface area contributed by atoms with Crippen LogP contribution in [0.5, 0.6) is 11.5 Å². The van der Waals surface area contributed by atoms with Gasteiger partial charge in [0.2, 0.25) is 5.91 Å². The van der Waals surface area contributed by atoms with Crippen molar-refractivity contribution in [3.05, 3.63) is 110 Å². The molecule has 1 aromatic heterocycles.